The van der Waals surface area contributed by atoms with Crippen LogP contribution in [0.3, 0.4) is 0 Å². The Bertz CT molecular complexity index is 676. The number of aromatic nitrogens is 2. The Labute approximate surface area is 131 Å². The van der Waals surface area contributed by atoms with Crippen molar-refractivity contribution in [1.82, 2.24) is 19.6 Å². The number of nitrogens with zero attached hydrogens (tertiary/aromatic N) is 3. The molecule has 5 heteroatoms. The summed E-state index contributed by atoms with van der Waals surface area (Å²) in [7, 11) is 2.13. The average Bonchev–Trinajstić information content (AvgIpc) is 3.08. The molecule has 1 aliphatic rings. The van der Waals surface area contributed by atoms with E-state index in [1.807, 2.05) is 24.4 Å². The Morgan fingerprint density at radius 2 is 2.27 bits per heavy atom. The molecule has 0 aliphatic carbocycles. The second-order valence-electron chi connectivity index (χ2n) is 6.52. The van der Waals surface area contributed by atoms with Crippen molar-refractivity contribution in [3.8, 4) is 0 Å². The lowest BCUT2D eigenvalue weighted by Crippen LogP contribution is -2.27. The molecule has 1 amide bonds. The van der Waals surface area contributed by atoms with Crippen LogP contribution in [0.25, 0.3) is 5.52 Å². The number of carbonyl (C=O) groups excluding carboxylic acids is 1. The predicted molar refractivity (Wildman–Crippen MR) is 87.0 cm³/mol. The fraction of sp³-hybridized carbons (Fsp3) is 0.529. The number of imidazole rings is 1. The number of nitrogens with one attached hydrogen (secondary N) is 1. The van der Waals surface area contributed by atoms with E-state index < -0.39 is 0 Å². The van der Waals surface area contributed by atoms with Crippen molar-refractivity contribution >= 4 is 11.4 Å². The summed E-state index contributed by atoms with van der Waals surface area (Å²) in [4.78, 5) is 19.5. The molecule has 0 spiro atoms. The fourth-order valence-corrected chi connectivity index (χ4v) is 3.08. The minimum absolute atomic E-state index is 0.0794. The van der Waals surface area contributed by atoms with Gasteiger partial charge in [-0.2, -0.15) is 0 Å². The normalized spacial score (nSPS) is 19.2. The number of amides is 1. The topological polar surface area (TPSA) is 49.6 Å². The van der Waals surface area contributed by atoms with E-state index in [0.29, 0.717) is 24.2 Å². The molecule has 0 aromatic carbocycles. The van der Waals surface area contributed by atoms with Gasteiger partial charge in [-0.1, -0.05) is 19.9 Å². The van der Waals surface area contributed by atoms with Gasteiger partial charge in [-0.15, -0.1) is 0 Å². The predicted octanol–water partition coefficient (Wildman–Crippen LogP) is 2.49. The van der Waals surface area contributed by atoms with Gasteiger partial charge in [0.05, 0.1) is 11.6 Å². The van der Waals surface area contributed by atoms with Gasteiger partial charge in [0, 0.05) is 12.7 Å². The summed E-state index contributed by atoms with van der Waals surface area (Å²) in [6.45, 7) is 5.93. The molecular formula is C17H24N4O. The van der Waals surface area contributed by atoms with Gasteiger partial charge in [0.1, 0.15) is 5.82 Å². The molecule has 3 rings (SSSR count). The monoisotopic (exact) mass is 300 g/mol. The minimum atomic E-state index is -0.0794. The lowest BCUT2D eigenvalue weighted by atomic mass is 10.2. The van der Waals surface area contributed by atoms with Crippen LogP contribution >= 0.6 is 0 Å². The molecule has 5 nitrogen and oxygen atoms in total. The Hall–Kier alpha value is -1.88. The standard InChI is InChI=1S/C17H24N4O/c1-12(2)11-18-17(22)15-13-7-4-5-10-21(13)16(19-15)14-8-6-9-20(14)3/h4-5,7,10,12,14H,6,8-9,11H2,1-3H3,(H,18,22). The first-order chi connectivity index (χ1) is 10.6. The van der Waals surface area contributed by atoms with E-state index in [-0.39, 0.29) is 5.91 Å². The highest BCUT2D eigenvalue weighted by molar-refractivity contribution is 5.99. The molecule has 1 aliphatic heterocycles. The van der Waals surface area contributed by atoms with Crippen LogP contribution in [0.1, 0.15) is 49.0 Å². The van der Waals surface area contributed by atoms with Crippen molar-refractivity contribution in [1.29, 1.82) is 0 Å². The summed E-state index contributed by atoms with van der Waals surface area (Å²) in [6, 6.07) is 6.21. The van der Waals surface area contributed by atoms with Crippen LogP contribution in [0.15, 0.2) is 24.4 Å². The fourth-order valence-electron chi connectivity index (χ4n) is 3.08. The maximum Gasteiger partial charge on any atom is 0.272 e. The third-order valence-corrected chi connectivity index (χ3v) is 4.28. The third-order valence-electron chi connectivity index (χ3n) is 4.28. The average molecular weight is 300 g/mol. The Morgan fingerprint density at radius 3 is 2.95 bits per heavy atom. The molecule has 1 fully saturated rings. The molecule has 1 unspecified atom stereocenters. The molecular weight excluding hydrogens is 276 g/mol. The van der Waals surface area contributed by atoms with Crippen LogP contribution < -0.4 is 5.32 Å². The smallest absolute Gasteiger partial charge is 0.272 e. The van der Waals surface area contributed by atoms with Crippen LogP contribution in [0.2, 0.25) is 0 Å². The van der Waals surface area contributed by atoms with Crippen molar-refractivity contribution in [3.05, 3.63) is 35.9 Å². The van der Waals surface area contributed by atoms with Gasteiger partial charge >= 0.3 is 0 Å². The summed E-state index contributed by atoms with van der Waals surface area (Å²) in [5, 5.41) is 2.98. The quantitative estimate of drug-likeness (QED) is 0.944. The summed E-state index contributed by atoms with van der Waals surface area (Å²) in [5.41, 5.74) is 1.43. The number of hydrogen-bond acceptors (Lipinski definition) is 3. The highest BCUT2D eigenvalue weighted by Crippen LogP contribution is 2.30. The zero-order valence-electron chi connectivity index (χ0n) is 13.5. The maximum absolute atomic E-state index is 12.5. The van der Waals surface area contributed by atoms with E-state index in [1.54, 1.807) is 0 Å². The number of pyridine rings is 1. The molecule has 0 radical (unpaired) electrons. The first kappa shape index (κ1) is 15.0. The van der Waals surface area contributed by atoms with Crippen molar-refractivity contribution < 1.29 is 4.79 Å². The van der Waals surface area contributed by atoms with Crippen molar-refractivity contribution in [2.45, 2.75) is 32.7 Å². The van der Waals surface area contributed by atoms with E-state index in [1.165, 1.54) is 6.42 Å². The van der Waals surface area contributed by atoms with Gasteiger partial charge in [-0.3, -0.25) is 9.69 Å². The summed E-state index contributed by atoms with van der Waals surface area (Å²) in [5.74, 6) is 1.33. The van der Waals surface area contributed by atoms with Gasteiger partial charge in [-0.25, -0.2) is 4.98 Å². The van der Waals surface area contributed by atoms with Crippen LogP contribution in [-0.2, 0) is 0 Å². The largest absolute Gasteiger partial charge is 0.350 e. The van der Waals surface area contributed by atoms with E-state index in [4.69, 9.17) is 4.98 Å². The number of hydrogen-bond donors (Lipinski definition) is 1. The Morgan fingerprint density at radius 1 is 1.45 bits per heavy atom. The lowest BCUT2D eigenvalue weighted by molar-refractivity contribution is 0.0946. The molecule has 0 saturated carbocycles. The van der Waals surface area contributed by atoms with Crippen LogP contribution in [0.4, 0.5) is 0 Å². The van der Waals surface area contributed by atoms with Crippen LogP contribution in [-0.4, -0.2) is 40.3 Å². The summed E-state index contributed by atoms with van der Waals surface area (Å²) < 4.78 is 2.07. The second-order valence-corrected chi connectivity index (χ2v) is 6.52. The molecule has 1 saturated heterocycles. The maximum atomic E-state index is 12.5. The molecule has 118 valence electrons. The zero-order chi connectivity index (χ0) is 15.7. The highest BCUT2D eigenvalue weighted by Gasteiger charge is 2.28. The molecule has 22 heavy (non-hydrogen) atoms. The van der Waals surface area contributed by atoms with Crippen LogP contribution in [0, 0.1) is 5.92 Å². The van der Waals surface area contributed by atoms with Gasteiger partial charge in [0.2, 0.25) is 0 Å². The summed E-state index contributed by atoms with van der Waals surface area (Å²) in [6.07, 6.45) is 4.28. The van der Waals surface area contributed by atoms with Crippen molar-refractivity contribution in [3.63, 3.8) is 0 Å². The number of carbonyl (C=O) groups is 1. The lowest BCUT2D eigenvalue weighted by Gasteiger charge is -2.17. The first-order valence-electron chi connectivity index (χ1n) is 8.03. The molecule has 3 heterocycles. The molecule has 1 N–H and O–H groups in total. The van der Waals surface area contributed by atoms with E-state index >= 15 is 0 Å². The van der Waals surface area contributed by atoms with Crippen molar-refractivity contribution in [2.24, 2.45) is 5.92 Å². The Kier molecular flexibility index (Phi) is 4.16. The minimum Gasteiger partial charge on any atom is -0.350 e. The molecule has 2 aromatic heterocycles. The molecule has 0 bridgehead atoms. The van der Waals surface area contributed by atoms with Gasteiger partial charge in [-0.05, 0) is 44.5 Å². The first-order valence-corrected chi connectivity index (χ1v) is 8.03. The van der Waals surface area contributed by atoms with Crippen LogP contribution in [0.5, 0.6) is 0 Å². The highest BCUT2D eigenvalue weighted by atomic mass is 16.1. The number of fused-ring (bicyclic) bond motifs is 1. The third kappa shape index (κ3) is 2.73. The molecule has 2 aromatic rings. The van der Waals surface area contributed by atoms with Gasteiger partial charge in [0.15, 0.2) is 5.69 Å². The number of likely N-dealkylation sites (tertiary alicyclic amines) is 1. The summed E-state index contributed by atoms with van der Waals surface area (Å²) >= 11 is 0. The van der Waals surface area contributed by atoms with E-state index in [0.717, 1.165) is 24.3 Å². The van der Waals surface area contributed by atoms with E-state index in [9.17, 15) is 4.79 Å². The second kappa shape index (κ2) is 6.08. The SMILES string of the molecule is CC(C)CNC(=O)c1nc(C2CCCN2C)n2ccccc12. The zero-order valence-corrected chi connectivity index (χ0v) is 13.5. The van der Waals surface area contributed by atoms with E-state index in [2.05, 4.69) is 35.5 Å². The Balaban J connectivity index is 1.99. The van der Waals surface area contributed by atoms with Crippen molar-refractivity contribution in [2.75, 3.05) is 20.1 Å². The van der Waals surface area contributed by atoms with Gasteiger partial charge < -0.3 is 9.72 Å². The number of rotatable bonds is 4. The molecule has 1 atom stereocenters. The van der Waals surface area contributed by atoms with Gasteiger partial charge in [0.25, 0.3) is 5.91 Å².